The number of nitrogens with one attached hydrogen (secondary N) is 1. The lowest BCUT2D eigenvalue weighted by atomic mass is 10.1. The molecule has 1 N–H and O–H groups in total. The second-order valence-electron chi connectivity index (χ2n) is 6.59. The zero-order valence-corrected chi connectivity index (χ0v) is 16.5. The smallest absolute Gasteiger partial charge is 0.235 e. The van der Waals surface area contributed by atoms with Crippen molar-refractivity contribution in [3.05, 3.63) is 101 Å². The molecule has 3 aromatic heterocycles. The van der Waals surface area contributed by atoms with E-state index < -0.39 is 0 Å². The number of nitrogens with zero attached hydrogens (tertiary/aromatic N) is 2. The Morgan fingerprint density at radius 2 is 1.69 bits per heavy atom. The van der Waals surface area contributed by atoms with E-state index in [4.69, 9.17) is 8.83 Å². The zero-order chi connectivity index (χ0) is 19.9. The Balaban J connectivity index is 1.48. The lowest BCUT2D eigenvalue weighted by molar-refractivity contribution is -0.123. The highest BCUT2D eigenvalue weighted by Gasteiger charge is 2.21. The van der Waals surface area contributed by atoms with E-state index in [9.17, 15) is 4.79 Å². The number of hydrogen-bond acceptors (Lipinski definition) is 6. The molecule has 0 saturated carbocycles. The van der Waals surface area contributed by atoms with E-state index in [0.717, 1.165) is 22.1 Å². The SMILES string of the molecule is O=C(CN(Cc1ccco1)Cc1ccco1)NC(c1ccccc1)c1nccs1. The fourth-order valence-electron chi connectivity index (χ4n) is 3.13. The van der Waals surface area contributed by atoms with E-state index in [0.29, 0.717) is 13.1 Å². The molecule has 0 aliphatic carbocycles. The first-order chi connectivity index (χ1) is 14.3. The molecular weight excluding hydrogens is 386 g/mol. The number of thiazole rings is 1. The van der Waals surface area contributed by atoms with Gasteiger partial charge in [0.1, 0.15) is 22.6 Å². The predicted octanol–water partition coefficient (Wildman–Crippen LogP) is 4.24. The van der Waals surface area contributed by atoms with Crippen molar-refractivity contribution in [2.75, 3.05) is 6.54 Å². The van der Waals surface area contributed by atoms with Crippen LogP contribution >= 0.6 is 11.3 Å². The van der Waals surface area contributed by atoms with Crippen LogP contribution in [0.15, 0.2) is 87.5 Å². The summed E-state index contributed by atoms with van der Waals surface area (Å²) in [7, 11) is 0. The molecule has 7 heteroatoms. The van der Waals surface area contributed by atoms with Crippen molar-refractivity contribution in [3.63, 3.8) is 0 Å². The first-order valence-corrected chi connectivity index (χ1v) is 10.2. The Bertz CT molecular complexity index is 947. The van der Waals surface area contributed by atoms with E-state index >= 15 is 0 Å². The normalized spacial score (nSPS) is 12.2. The Kier molecular flexibility index (Phi) is 6.19. The molecule has 0 fully saturated rings. The molecule has 0 saturated heterocycles. The van der Waals surface area contributed by atoms with Crippen LogP contribution < -0.4 is 5.32 Å². The molecule has 148 valence electrons. The summed E-state index contributed by atoms with van der Waals surface area (Å²) in [4.78, 5) is 19.3. The molecule has 0 spiro atoms. The molecule has 1 aromatic carbocycles. The average molecular weight is 407 g/mol. The molecule has 1 amide bonds. The minimum atomic E-state index is -0.280. The molecule has 4 rings (SSSR count). The van der Waals surface area contributed by atoms with Gasteiger partial charge in [-0.3, -0.25) is 9.69 Å². The summed E-state index contributed by atoms with van der Waals surface area (Å²) in [6.07, 6.45) is 5.02. The summed E-state index contributed by atoms with van der Waals surface area (Å²) < 4.78 is 10.9. The molecule has 0 radical (unpaired) electrons. The predicted molar refractivity (Wildman–Crippen MR) is 110 cm³/mol. The zero-order valence-electron chi connectivity index (χ0n) is 15.7. The Labute approximate surface area is 172 Å². The minimum absolute atomic E-state index is 0.0906. The number of hydrogen-bond donors (Lipinski definition) is 1. The lowest BCUT2D eigenvalue weighted by Gasteiger charge is -2.22. The summed E-state index contributed by atoms with van der Waals surface area (Å²) in [5, 5.41) is 5.90. The van der Waals surface area contributed by atoms with Crippen LogP contribution in [-0.2, 0) is 17.9 Å². The van der Waals surface area contributed by atoms with Crippen molar-refractivity contribution in [2.45, 2.75) is 19.1 Å². The molecule has 4 aromatic rings. The minimum Gasteiger partial charge on any atom is -0.468 e. The highest BCUT2D eigenvalue weighted by atomic mass is 32.1. The summed E-state index contributed by atoms with van der Waals surface area (Å²) >= 11 is 1.52. The third-order valence-electron chi connectivity index (χ3n) is 4.42. The van der Waals surface area contributed by atoms with Crippen molar-refractivity contribution >= 4 is 17.2 Å². The van der Waals surface area contributed by atoms with Crippen LogP contribution in [0.4, 0.5) is 0 Å². The standard InChI is InChI=1S/C22H21N3O3S/c26-20(24-21(22-23-10-13-29-22)17-6-2-1-3-7-17)16-25(14-18-8-4-11-27-18)15-19-9-5-12-28-19/h1-13,21H,14-16H2,(H,24,26). The van der Waals surface area contributed by atoms with Gasteiger partial charge in [0, 0.05) is 11.6 Å². The van der Waals surface area contributed by atoms with Gasteiger partial charge in [-0.15, -0.1) is 11.3 Å². The second-order valence-corrected chi connectivity index (χ2v) is 7.51. The van der Waals surface area contributed by atoms with Gasteiger partial charge in [-0.2, -0.15) is 0 Å². The van der Waals surface area contributed by atoms with Gasteiger partial charge in [-0.1, -0.05) is 30.3 Å². The van der Waals surface area contributed by atoms with E-state index in [1.54, 1.807) is 18.7 Å². The summed E-state index contributed by atoms with van der Waals surface area (Å²) in [6, 6.07) is 17.1. The largest absolute Gasteiger partial charge is 0.468 e. The van der Waals surface area contributed by atoms with Crippen LogP contribution in [0.5, 0.6) is 0 Å². The molecule has 6 nitrogen and oxygen atoms in total. The number of amides is 1. The van der Waals surface area contributed by atoms with Crippen molar-refractivity contribution in [1.82, 2.24) is 15.2 Å². The van der Waals surface area contributed by atoms with Crippen molar-refractivity contribution in [2.24, 2.45) is 0 Å². The first-order valence-electron chi connectivity index (χ1n) is 9.29. The van der Waals surface area contributed by atoms with Gasteiger partial charge in [0.25, 0.3) is 0 Å². The number of furan rings is 2. The van der Waals surface area contributed by atoms with E-state index in [-0.39, 0.29) is 18.5 Å². The Morgan fingerprint density at radius 1 is 1.00 bits per heavy atom. The maximum atomic E-state index is 13.0. The fraction of sp³-hybridized carbons (Fsp3) is 0.182. The Hall–Kier alpha value is -3.16. The Morgan fingerprint density at radius 3 is 2.24 bits per heavy atom. The van der Waals surface area contributed by atoms with Crippen LogP contribution in [0.3, 0.4) is 0 Å². The summed E-state index contributed by atoms with van der Waals surface area (Å²) in [5.74, 6) is 1.50. The molecule has 1 atom stereocenters. The third-order valence-corrected chi connectivity index (χ3v) is 5.26. The topological polar surface area (TPSA) is 71.5 Å². The average Bonchev–Trinajstić information content (AvgIpc) is 3.50. The number of rotatable bonds is 9. The van der Waals surface area contributed by atoms with E-state index in [2.05, 4.69) is 10.3 Å². The van der Waals surface area contributed by atoms with Crippen LogP contribution in [0.2, 0.25) is 0 Å². The molecule has 0 bridgehead atoms. The quantitative estimate of drug-likeness (QED) is 0.449. The number of carbonyl (C=O) groups excluding carboxylic acids is 1. The van der Waals surface area contributed by atoms with Gasteiger partial charge in [0.15, 0.2) is 0 Å². The van der Waals surface area contributed by atoms with Crippen molar-refractivity contribution in [1.29, 1.82) is 0 Å². The van der Waals surface area contributed by atoms with Gasteiger partial charge in [0.05, 0.1) is 32.2 Å². The van der Waals surface area contributed by atoms with E-state index in [1.165, 1.54) is 11.3 Å². The van der Waals surface area contributed by atoms with Crippen LogP contribution in [-0.4, -0.2) is 22.3 Å². The molecular formula is C22H21N3O3S. The van der Waals surface area contributed by atoms with Gasteiger partial charge >= 0.3 is 0 Å². The van der Waals surface area contributed by atoms with Gasteiger partial charge in [-0.05, 0) is 29.8 Å². The highest BCUT2D eigenvalue weighted by Crippen LogP contribution is 2.23. The van der Waals surface area contributed by atoms with E-state index in [1.807, 2.05) is 64.9 Å². The van der Waals surface area contributed by atoms with Gasteiger partial charge < -0.3 is 14.2 Å². The van der Waals surface area contributed by atoms with Crippen LogP contribution in [0.1, 0.15) is 28.1 Å². The second kappa shape index (κ2) is 9.36. The molecule has 29 heavy (non-hydrogen) atoms. The van der Waals surface area contributed by atoms with Crippen molar-refractivity contribution in [3.8, 4) is 0 Å². The molecule has 3 heterocycles. The number of carbonyl (C=O) groups is 1. The molecule has 1 unspecified atom stereocenters. The maximum absolute atomic E-state index is 13.0. The summed E-state index contributed by atoms with van der Waals surface area (Å²) in [5.41, 5.74) is 0.999. The molecule has 0 aliphatic heterocycles. The number of benzene rings is 1. The third kappa shape index (κ3) is 5.22. The van der Waals surface area contributed by atoms with Gasteiger partial charge in [0.2, 0.25) is 5.91 Å². The fourth-order valence-corrected chi connectivity index (χ4v) is 3.85. The van der Waals surface area contributed by atoms with Crippen molar-refractivity contribution < 1.29 is 13.6 Å². The first kappa shape index (κ1) is 19.2. The summed E-state index contributed by atoms with van der Waals surface area (Å²) in [6.45, 7) is 1.22. The lowest BCUT2D eigenvalue weighted by Crippen LogP contribution is -2.38. The van der Waals surface area contributed by atoms with Crippen LogP contribution in [0.25, 0.3) is 0 Å². The molecule has 0 aliphatic rings. The maximum Gasteiger partial charge on any atom is 0.235 e. The van der Waals surface area contributed by atoms with Gasteiger partial charge in [-0.25, -0.2) is 4.98 Å². The highest BCUT2D eigenvalue weighted by molar-refractivity contribution is 7.09. The number of aromatic nitrogens is 1. The van der Waals surface area contributed by atoms with Crippen LogP contribution in [0, 0.1) is 0 Å². The monoisotopic (exact) mass is 407 g/mol.